The van der Waals surface area contributed by atoms with E-state index in [0.717, 1.165) is 17.8 Å². The Morgan fingerprint density at radius 3 is 2.87 bits per heavy atom. The topological polar surface area (TPSA) is 49.0 Å². The summed E-state index contributed by atoms with van der Waals surface area (Å²) in [7, 11) is 0. The molecule has 4 heteroatoms. The summed E-state index contributed by atoms with van der Waals surface area (Å²) in [6.07, 6.45) is 2.70. The molecule has 4 nitrogen and oxygen atoms in total. The summed E-state index contributed by atoms with van der Waals surface area (Å²) in [4.78, 5) is 14.1. The Morgan fingerprint density at radius 1 is 1.60 bits per heavy atom. The summed E-state index contributed by atoms with van der Waals surface area (Å²) in [6.45, 7) is 8.04. The van der Waals surface area contributed by atoms with Gasteiger partial charge in [-0.2, -0.15) is 5.10 Å². The molecule has 0 aliphatic carbocycles. The summed E-state index contributed by atoms with van der Waals surface area (Å²) in [5.41, 5.74) is 0.568. The third kappa shape index (κ3) is 1.20. The number of anilines is 1. The van der Waals surface area contributed by atoms with Crippen LogP contribution in [0.25, 0.3) is 0 Å². The minimum atomic E-state index is -0.439. The third-order valence-corrected chi connectivity index (χ3v) is 3.32. The van der Waals surface area contributed by atoms with Crippen LogP contribution in [0.3, 0.4) is 0 Å². The molecular formula is C11H17N3O. The van der Waals surface area contributed by atoms with E-state index in [4.69, 9.17) is 0 Å². The second-order valence-corrected chi connectivity index (χ2v) is 4.69. The number of carbonyl (C=O) groups is 1. The van der Waals surface area contributed by atoms with Crippen molar-refractivity contribution in [1.29, 1.82) is 0 Å². The van der Waals surface area contributed by atoms with E-state index in [1.807, 2.05) is 18.7 Å². The number of fused-ring (bicyclic) bond motifs is 1. The number of aromatic amines is 1. The van der Waals surface area contributed by atoms with Gasteiger partial charge in [0.2, 0.25) is 5.91 Å². The van der Waals surface area contributed by atoms with Crippen LogP contribution in [-0.2, 0) is 10.2 Å². The summed E-state index contributed by atoms with van der Waals surface area (Å²) < 4.78 is 0. The van der Waals surface area contributed by atoms with Crippen LogP contribution in [0, 0.1) is 0 Å². The zero-order valence-corrected chi connectivity index (χ0v) is 9.66. The fraction of sp³-hybridized carbons (Fsp3) is 0.636. The van der Waals surface area contributed by atoms with Crippen molar-refractivity contribution in [2.24, 2.45) is 0 Å². The van der Waals surface area contributed by atoms with Gasteiger partial charge in [0.25, 0.3) is 0 Å². The second-order valence-electron chi connectivity index (χ2n) is 4.69. The van der Waals surface area contributed by atoms with Gasteiger partial charge in [-0.3, -0.25) is 14.8 Å². The van der Waals surface area contributed by atoms with E-state index in [1.165, 1.54) is 0 Å². The zero-order valence-electron chi connectivity index (χ0n) is 9.66. The van der Waals surface area contributed by atoms with Crippen molar-refractivity contribution in [2.45, 2.75) is 45.6 Å². The SMILES string of the molecule is CC[C@H](C)N1C(=O)C(C)(C)c2cn[nH]c21. The number of amides is 1. The number of hydrogen-bond donors (Lipinski definition) is 1. The van der Waals surface area contributed by atoms with Gasteiger partial charge in [0.15, 0.2) is 0 Å². The standard InChI is InChI=1S/C11H17N3O/c1-5-7(2)14-9-8(6-12-13-9)11(3,4)10(14)15/h6-7H,5H2,1-4H3,(H,12,13)/t7-/m0/s1. The molecule has 82 valence electrons. The first-order chi connectivity index (χ1) is 7.00. The molecule has 1 aliphatic rings. The highest BCUT2D eigenvalue weighted by Crippen LogP contribution is 2.41. The van der Waals surface area contributed by atoms with Crippen LogP contribution in [0.15, 0.2) is 6.20 Å². The highest BCUT2D eigenvalue weighted by atomic mass is 16.2. The van der Waals surface area contributed by atoms with Crippen LogP contribution in [0.2, 0.25) is 0 Å². The molecule has 1 aromatic heterocycles. The fourth-order valence-corrected chi connectivity index (χ4v) is 2.04. The molecule has 0 saturated heterocycles. The van der Waals surface area contributed by atoms with Gasteiger partial charge in [-0.15, -0.1) is 0 Å². The van der Waals surface area contributed by atoms with Gasteiger partial charge in [0.05, 0.1) is 11.6 Å². The first-order valence-corrected chi connectivity index (χ1v) is 5.37. The molecule has 1 atom stereocenters. The number of nitrogens with one attached hydrogen (secondary N) is 1. The number of rotatable bonds is 2. The van der Waals surface area contributed by atoms with E-state index < -0.39 is 5.41 Å². The van der Waals surface area contributed by atoms with Gasteiger partial charge in [0.1, 0.15) is 5.82 Å². The van der Waals surface area contributed by atoms with Crippen LogP contribution in [-0.4, -0.2) is 22.1 Å². The minimum Gasteiger partial charge on any atom is -0.293 e. The fourth-order valence-electron chi connectivity index (χ4n) is 2.04. The lowest BCUT2D eigenvalue weighted by Gasteiger charge is -2.25. The van der Waals surface area contributed by atoms with Crippen molar-refractivity contribution in [2.75, 3.05) is 4.90 Å². The van der Waals surface area contributed by atoms with E-state index in [9.17, 15) is 4.79 Å². The lowest BCUT2D eigenvalue weighted by atomic mass is 9.88. The van der Waals surface area contributed by atoms with Gasteiger partial charge in [0, 0.05) is 11.6 Å². The number of hydrogen-bond acceptors (Lipinski definition) is 2. The maximum Gasteiger partial charge on any atom is 0.238 e. The lowest BCUT2D eigenvalue weighted by Crippen LogP contribution is -2.41. The van der Waals surface area contributed by atoms with Crippen molar-refractivity contribution >= 4 is 11.7 Å². The summed E-state index contributed by atoms with van der Waals surface area (Å²) in [6, 6.07) is 0.221. The number of aromatic nitrogens is 2. The summed E-state index contributed by atoms with van der Waals surface area (Å²) in [5, 5.41) is 6.95. The van der Waals surface area contributed by atoms with Gasteiger partial charge in [-0.1, -0.05) is 6.92 Å². The summed E-state index contributed by atoms with van der Waals surface area (Å²) >= 11 is 0. The quantitative estimate of drug-likeness (QED) is 0.804. The van der Waals surface area contributed by atoms with Crippen molar-refractivity contribution < 1.29 is 4.79 Å². The maximum absolute atomic E-state index is 12.2. The Morgan fingerprint density at radius 2 is 2.27 bits per heavy atom. The molecule has 1 aromatic rings. The third-order valence-electron chi connectivity index (χ3n) is 3.32. The Kier molecular flexibility index (Phi) is 2.10. The number of nitrogens with zero attached hydrogens (tertiary/aromatic N) is 2. The van der Waals surface area contributed by atoms with Crippen LogP contribution in [0.5, 0.6) is 0 Å². The average Bonchev–Trinajstić information content (AvgIpc) is 2.72. The van der Waals surface area contributed by atoms with Crippen LogP contribution < -0.4 is 4.90 Å². The van der Waals surface area contributed by atoms with E-state index in [-0.39, 0.29) is 11.9 Å². The number of H-pyrrole nitrogens is 1. The highest BCUT2D eigenvalue weighted by Gasteiger charge is 2.46. The van der Waals surface area contributed by atoms with E-state index in [0.29, 0.717) is 0 Å². The molecule has 1 N–H and O–H groups in total. The second kappa shape index (κ2) is 3.08. The van der Waals surface area contributed by atoms with E-state index >= 15 is 0 Å². The Balaban J connectivity index is 2.50. The Hall–Kier alpha value is -1.32. The van der Waals surface area contributed by atoms with Crippen LogP contribution in [0.1, 0.15) is 39.7 Å². The van der Waals surface area contributed by atoms with Gasteiger partial charge in [-0.25, -0.2) is 0 Å². The maximum atomic E-state index is 12.2. The summed E-state index contributed by atoms with van der Waals surface area (Å²) in [5.74, 6) is 1.04. The molecule has 0 bridgehead atoms. The molecule has 0 spiro atoms. The molecule has 2 rings (SSSR count). The lowest BCUT2D eigenvalue weighted by molar-refractivity contribution is -0.122. The van der Waals surface area contributed by atoms with Gasteiger partial charge >= 0.3 is 0 Å². The molecule has 15 heavy (non-hydrogen) atoms. The Labute approximate surface area is 89.7 Å². The van der Waals surface area contributed by atoms with Crippen LogP contribution in [0.4, 0.5) is 5.82 Å². The predicted molar refractivity (Wildman–Crippen MR) is 58.9 cm³/mol. The molecule has 0 saturated carbocycles. The van der Waals surface area contributed by atoms with Gasteiger partial charge in [-0.05, 0) is 27.2 Å². The first kappa shape index (κ1) is 10.2. The van der Waals surface area contributed by atoms with Crippen molar-refractivity contribution in [3.05, 3.63) is 11.8 Å². The predicted octanol–water partition coefficient (Wildman–Crippen LogP) is 1.83. The van der Waals surface area contributed by atoms with Gasteiger partial charge < -0.3 is 0 Å². The molecule has 0 unspecified atom stereocenters. The molecule has 0 fully saturated rings. The molecular weight excluding hydrogens is 190 g/mol. The molecule has 0 aromatic carbocycles. The molecule has 0 radical (unpaired) electrons. The smallest absolute Gasteiger partial charge is 0.238 e. The normalized spacial score (nSPS) is 20.5. The number of carbonyl (C=O) groups excluding carboxylic acids is 1. The van der Waals surface area contributed by atoms with E-state index in [2.05, 4.69) is 24.0 Å². The van der Waals surface area contributed by atoms with Crippen molar-refractivity contribution in [3.63, 3.8) is 0 Å². The first-order valence-electron chi connectivity index (χ1n) is 5.37. The largest absolute Gasteiger partial charge is 0.293 e. The minimum absolute atomic E-state index is 0.167. The van der Waals surface area contributed by atoms with Crippen molar-refractivity contribution in [3.8, 4) is 0 Å². The molecule has 1 aliphatic heterocycles. The van der Waals surface area contributed by atoms with Crippen molar-refractivity contribution in [1.82, 2.24) is 10.2 Å². The Bertz CT molecular complexity index is 394. The molecule has 2 heterocycles. The monoisotopic (exact) mass is 207 g/mol. The van der Waals surface area contributed by atoms with Crippen LogP contribution >= 0.6 is 0 Å². The van der Waals surface area contributed by atoms with E-state index in [1.54, 1.807) is 6.20 Å². The zero-order chi connectivity index (χ0) is 11.2. The average molecular weight is 207 g/mol. The highest BCUT2D eigenvalue weighted by molar-refractivity contribution is 6.06. The molecule has 1 amide bonds.